The standard InChI is InChI=1S/C28H56N6O3/c1-2-3-4-5-6-7-8-9-10-11-12-13-15-20-25(35)32-22-17-14-16-21-26(36)34-24(27(29)37)19-18-23-33-28(30)31/h24H,2-23H2,1H3,(H2,29,37)(H,32,35)(H,34,36)(H4,30,31,33)/t24-/m0/s1. The van der Waals surface area contributed by atoms with Crippen molar-refractivity contribution in [3.05, 3.63) is 0 Å². The van der Waals surface area contributed by atoms with E-state index >= 15 is 0 Å². The molecule has 8 N–H and O–H groups in total. The summed E-state index contributed by atoms with van der Waals surface area (Å²) in [5.74, 6) is -0.650. The molecule has 3 amide bonds. The number of nitrogens with zero attached hydrogens (tertiary/aromatic N) is 1. The maximum atomic E-state index is 12.1. The van der Waals surface area contributed by atoms with Crippen molar-refractivity contribution < 1.29 is 14.4 Å². The van der Waals surface area contributed by atoms with E-state index in [-0.39, 0.29) is 17.8 Å². The first-order valence-electron chi connectivity index (χ1n) is 14.8. The third kappa shape index (κ3) is 25.1. The molecule has 0 aliphatic rings. The van der Waals surface area contributed by atoms with Gasteiger partial charge in [0.1, 0.15) is 6.04 Å². The van der Waals surface area contributed by atoms with E-state index in [2.05, 4.69) is 22.5 Å². The second kappa shape index (κ2) is 25.3. The lowest BCUT2D eigenvalue weighted by atomic mass is 10.0. The Morgan fingerprint density at radius 2 is 1.14 bits per heavy atom. The Kier molecular flexibility index (Phi) is 23.7. The van der Waals surface area contributed by atoms with E-state index in [1.807, 2.05) is 0 Å². The lowest BCUT2D eigenvalue weighted by Crippen LogP contribution is -2.44. The van der Waals surface area contributed by atoms with Gasteiger partial charge in [0.15, 0.2) is 5.96 Å². The zero-order valence-corrected chi connectivity index (χ0v) is 23.5. The minimum absolute atomic E-state index is 0.00422. The Morgan fingerprint density at radius 1 is 0.649 bits per heavy atom. The van der Waals surface area contributed by atoms with Gasteiger partial charge in [0, 0.05) is 25.9 Å². The van der Waals surface area contributed by atoms with Gasteiger partial charge in [-0.05, 0) is 32.1 Å². The average Bonchev–Trinajstić information content (AvgIpc) is 2.85. The smallest absolute Gasteiger partial charge is 0.240 e. The first-order chi connectivity index (χ1) is 17.9. The summed E-state index contributed by atoms with van der Waals surface area (Å²) >= 11 is 0. The molecule has 0 bridgehead atoms. The van der Waals surface area contributed by atoms with Crippen LogP contribution in [0.4, 0.5) is 0 Å². The Labute approximate surface area is 225 Å². The van der Waals surface area contributed by atoms with Crippen LogP contribution in [0.15, 0.2) is 4.99 Å². The summed E-state index contributed by atoms with van der Waals surface area (Å²) in [6, 6.07) is -0.717. The maximum Gasteiger partial charge on any atom is 0.240 e. The van der Waals surface area contributed by atoms with Crippen LogP contribution in [0.3, 0.4) is 0 Å². The van der Waals surface area contributed by atoms with E-state index in [1.54, 1.807) is 0 Å². The summed E-state index contributed by atoms with van der Waals surface area (Å²) in [7, 11) is 0. The molecule has 0 aliphatic carbocycles. The van der Waals surface area contributed by atoms with Crippen LogP contribution in [0.5, 0.6) is 0 Å². The number of carbonyl (C=O) groups is 3. The number of amides is 3. The number of aliphatic imine (C=N–C) groups is 1. The molecule has 0 rings (SSSR count). The van der Waals surface area contributed by atoms with Crippen LogP contribution in [0.25, 0.3) is 0 Å². The fraction of sp³-hybridized carbons (Fsp3) is 0.857. The van der Waals surface area contributed by atoms with Gasteiger partial charge in [-0.25, -0.2) is 0 Å². The number of hydrogen-bond donors (Lipinski definition) is 5. The Hall–Kier alpha value is -2.32. The summed E-state index contributed by atoms with van der Waals surface area (Å²) < 4.78 is 0. The molecule has 0 aromatic heterocycles. The van der Waals surface area contributed by atoms with Crippen LogP contribution in [-0.4, -0.2) is 42.8 Å². The second-order valence-corrected chi connectivity index (χ2v) is 10.1. The lowest BCUT2D eigenvalue weighted by molar-refractivity contribution is -0.127. The highest BCUT2D eigenvalue weighted by Gasteiger charge is 2.17. The third-order valence-electron chi connectivity index (χ3n) is 6.53. The van der Waals surface area contributed by atoms with E-state index in [0.29, 0.717) is 45.2 Å². The highest BCUT2D eigenvalue weighted by Crippen LogP contribution is 2.13. The van der Waals surface area contributed by atoms with Gasteiger partial charge in [-0.15, -0.1) is 0 Å². The van der Waals surface area contributed by atoms with Gasteiger partial charge in [-0.3, -0.25) is 19.4 Å². The first-order valence-corrected chi connectivity index (χ1v) is 14.8. The summed E-state index contributed by atoms with van der Waals surface area (Å²) in [6.07, 6.45) is 21.1. The molecule has 0 aliphatic heterocycles. The summed E-state index contributed by atoms with van der Waals surface area (Å²) in [4.78, 5) is 39.4. The van der Waals surface area contributed by atoms with Gasteiger partial charge in [-0.1, -0.05) is 90.4 Å². The number of hydrogen-bond acceptors (Lipinski definition) is 4. The number of nitrogens with one attached hydrogen (secondary N) is 2. The van der Waals surface area contributed by atoms with E-state index in [0.717, 1.165) is 25.7 Å². The quantitative estimate of drug-likeness (QED) is 0.0649. The van der Waals surface area contributed by atoms with Gasteiger partial charge in [0.25, 0.3) is 0 Å². The van der Waals surface area contributed by atoms with E-state index in [4.69, 9.17) is 17.2 Å². The molecule has 0 aromatic carbocycles. The van der Waals surface area contributed by atoms with Crippen LogP contribution in [0, 0.1) is 0 Å². The molecular formula is C28H56N6O3. The zero-order chi connectivity index (χ0) is 27.6. The molecule has 0 spiro atoms. The molecule has 0 saturated heterocycles. The molecule has 1 atom stereocenters. The fourth-order valence-electron chi connectivity index (χ4n) is 4.26. The largest absolute Gasteiger partial charge is 0.370 e. The first kappa shape index (κ1) is 34.7. The number of nitrogens with two attached hydrogens (primary N) is 3. The van der Waals surface area contributed by atoms with Crippen molar-refractivity contribution >= 4 is 23.7 Å². The van der Waals surface area contributed by atoms with E-state index in [1.165, 1.54) is 70.6 Å². The molecule has 0 unspecified atom stereocenters. The molecule has 0 heterocycles. The Bertz CT molecular complexity index is 623. The molecular weight excluding hydrogens is 468 g/mol. The SMILES string of the molecule is CCCCCCCCCCCCCCCC(=O)NCCCCCC(=O)N[C@@H](CCCN=C(N)N)C(N)=O. The number of primary amides is 1. The van der Waals surface area contributed by atoms with Gasteiger partial charge >= 0.3 is 0 Å². The maximum absolute atomic E-state index is 12.1. The molecule has 0 aromatic rings. The van der Waals surface area contributed by atoms with Crippen molar-refractivity contribution in [1.82, 2.24) is 10.6 Å². The predicted octanol–water partition coefficient (Wildman–Crippen LogP) is 4.17. The normalized spacial score (nSPS) is 11.6. The van der Waals surface area contributed by atoms with Crippen molar-refractivity contribution in [3.8, 4) is 0 Å². The Balaban J connectivity index is 3.56. The molecule has 9 nitrogen and oxygen atoms in total. The lowest BCUT2D eigenvalue weighted by Gasteiger charge is -2.15. The van der Waals surface area contributed by atoms with Crippen LogP contribution in [-0.2, 0) is 14.4 Å². The minimum atomic E-state index is -0.717. The van der Waals surface area contributed by atoms with Crippen molar-refractivity contribution in [1.29, 1.82) is 0 Å². The summed E-state index contributed by atoms with van der Waals surface area (Å²) in [5.41, 5.74) is 15.9. The number of guanidine groups is 1. The third-order valence-corrected chi connectivity index (χ3v) is 6.53. The van der Waals surface area contributed by atoms with Crippen LogP contribution < -0.4 is 27.8 Å². The van der Waals surface area contributed by atoms with Crippen molar-refractivity contribution in [2.45, 2.75) is 141 Å². The highest BCUT2D eigenvalue weighted by atomic mass is 16.2. The van der Waals surface area contributed by atoms with Crippen LogP contribution in [0.1, 0.15) is 135 Å². The van der Waals surface area contributed by atoms with E-state index in [9.17, 15) is 14.4 Å². The molecule has 216 valence electrons. The van der Waals surface area contributed by atoms with Crippen molar-refractivity contribution in [2.24, 2.45) is 22.2 Å². The number of carbonyl (C=O) groups excluding carboxylic acids is 3. The molecule has 0 fully saturated rings. The van der Waals surface area contributed by atoms with Gasteiger partial charge in [0.05, 0.1) is 0 Å². The van der Waals surface area contributed by atoms with Crippen molar-refractivity contribution in [2.75, 3.05) is 13.1 Å². The molecule has 0 radical (unpaired) electrons. The monoisotopic (exact) mass is 524 g/mol. The average molecular weight is 525 g/mol. The Morgan fingerprint density at radius 3 is 1.65 bits per heavy atom. The number of unbranched alkanes of at least 4 members (excludes halogenated alkanes) is 14. The van der Waals surface area contributed by atoms with Gasteiger partial charge < -0.3 is 27.8 Å². The highest BCUT2D eigenvalue weighted by molar-refractivity contribution is 5.86. The van der Waals surface area contributed by atoms with E-state index < -0.39 is 11.9 Å². The molecule has 0 saturated carbocycles. The summed E-state index contributed by atoms with van der Waals surface area (Å²) in [6.45, 7) is 3.27. The molecule has 37 heavy (non-hydrogen) atoms. The van der Waals surface area contributed by atoms with Gasteiger partial charge in [-0.2, -0.15) is 0 Å². The molecule has 9 heteroatoms. The number of rotatable bonds is 26. The topological polar surface area (TPSA) is 166 Å². The van der Waals surface area contributed by atoms with Crippen LogP contribution in [0.2, 0.25) is 0 Å². The minimum Gasteiger partial charge on any atom is -0.370 e. The predicted molar refractivity (Wildman–Crippen MR) is 153 cm³/mol. The van der Waals surface area contributed by atoms with Crippen LogP contribution >= 0.6 is 0 Å². The fourth-order valence-corrected chi connectivity index (χ4v) is 4.26. The van der Waals surface area contributed by atoms with Gasteiger partial charge in [0.2, 0.25) is 17.7 Å². The zero-order valence-electron chi connectivity index (χ0n) is 23.5. The second-order valence-electron chi connectivity index (χ2n) is 10.1. The van der Waals surface area contributed by atoms with Crippen molar-refractivity contribution in [3.63, 3.8) is 0 Å². The summed E-state index contributed by atoms with van der Waals surface area (Å²) in [5, 5.41) is 5.65.